The average molecular weight is 580 g/mol. The van der Waals surface area contributed by atoms with Gasteiger partial charge >= 0.3 is 0 Å². The molecule has 42 heavy (non-hydrogen) atoms. The number of nitrogens with one attached hydrogen (secondary N) is 3. The first-order valence-corrected chi connectivity index (χ1v) is 16.3. The lowest BCUT2D eigenvalue weighted by molar-refractivity contribution is -0.145. The van der Waals surface area contributed by atoms with Gasteiger partial charge in [0.1, 0.15) is 5.82 Å². The van der Waals surface area contributed by atoms with Crippen molar-refractivity contribution in [1.29, 1.82) is 0 Å². The van der Waals surface area contributed by atoms with Gasteiger partial charge in [-0.2, -0.15) is 0 Å². The second kappa shape index (κ2) is 11.5. The number of amides is 1. The maximum atomic E-state index is 14.3. The Hall–Kier alpha value is -2.53. The number of hydrogen-bond donors (Lipinski definition) is 4. The van der Waals surface area contributed by atoms with Crippen LogP contribution in [0.2, 0.25) is 0 Å². The molecule has 4 aliphatic heterocycles. The van der Waals surface area contributed by atoms with E-state index in [0.717, 1.165) is 80.2 Å². The summed E-state index contributed by atoms with van der Waals surface area (Å²) in [6.45, 7) is 9.84. The number of carbonyl (C=O) groups excluding carboxylic acids is 1. The van der Waals surface area contributed by atoms with Gasteiger partial charge in [0.2, 0.25) is 5.91 Å². The molecule has 5 atom stereocenters. The SMILES string of the molecule is CCc1cc(O)c(F)cc1C1CCC2C(C1)NNC2c1nc2c([nH]1)CN(CC)[C@@H](C(=O)N1CC(N3CCCCC3)C1)C2. The van der Waals surface area contributed by atoms with Crippen LogP contribution in [0.25, 0.3) is 0 Å². The fourth-order valence-corrected chi connectivity index (χ4v) is 8.40. The lowest BCUT2D eigenvalue weighted by Gasteiger charge is -2.48. The quantitative estimate of drug-likeness (QED) is 0.417. The Bertz CT molecular complexity index is 1300. The van der Waals surface area contributed by atoms with Crippen LogP contribution >= 0.6 is 0 Å². The number of fused-ring (bicyclic) bond motifs is 2. The van der Waals surface area contributed by atoms with Crippen molar-refractivity contribution in [3.63, 3.8) is 0 Å². The number of H-pyrrole nitrogens is 1. The van der Waals surface area contributed by atoms with E-state index < -0.39 is 5.82 Å². The minimum absolute atomic E-state index is 0.0775. The van der Waals surface area contributed by atoms with Crippen LogP contribution in [-0.2, 0) is 24.2 Å². The highest BCUT2D eigenvalue weighted by Crippen LogP contribution is 2.45. The molecule has 0 radical (unpaired) electrons. The standard InChI is InChI=1S/C32H46FN7O2/c1-3-19-13-29(41)24(33)14-23(19)20-8-9-22-25(12-20)36-37-30(22)31-34-26-15-28(38(4-2)18-27(26)35-31)32(42)40-16-21(17-40)39-10-6-5-7-11-39/h13-14,20-22,25,28,30,36-37,41H,3-12,15-18H2,1-2H3,(H,34,35)/t20?,22?,25?,28-,30?/m1/s1. The number of aromatic nitrogens is 2. The molecular formula is C32H46FN7O2. The van der Waals surface area contributed by atoms with E-state index >= 15 is 0 Å². The average Bonchev–Trinajstić information content (AvgIpc) is 3.60. The van der Waals surface area contributed by atoms with Crippen LogP contribution in [0, 0.1) is 11.7 Å². The molecular weight excluding hydrogens is 533 g/mol. The number of carbonyl (C=O) groups is 1. The van der Waals surface area contributed by atoms with Gasteiger partial charge in [0.15, 0.2) is 11.6 Å². The number of imidazole rings is 1. The second-order valence-electron chi connectivity index (χ2n) is 13.2. The molecule has 1 aliphatic carbocycles. The van der Waals surface area contributed by atoms with E-state index in [1.165, 1.54) is 32.4 Å². The van der Waals surface area contributed by atoms with Crippen LogP contribution in [-0.4, -0.2) is 86.5 Å². The Morgan fingerprint density at radius 1 is 1.12 bits per heavy atom. The third kappa shape index (κ3) is 5.04. The molecule has 4 N–H and O–H groups in total. The van der Waals surface area contributed by atoms with Gasteiger partial charge in [0.05, 0.1) is 23.5 Å². The Kier molecular flexibility index (Phi) is 7.75. The number of aryl methyl sites for hydroxylation is 1. The fraction of sp³-hybridized carbons (Fsp3) is 0.688. The van der Waals surface area contributed by atoms with Crippen molar-refractivity contribution in [3.8, 4) is 5.75 Å². The monoisotopic (exact) mass is 579 g/mol. The molecule has 10 heteroatoms. The Morgan fingerprint density at radius 3 is 2.69 bits per heavy atom. The van der Waals surface area contributed by atoms with Crippen LogP contribution < -0.4 is 10.9 Å². The molecule has 1 saturated carbocycles. The predicted molar refractivity (Wildman–Crippen MR) is 158 cm³/mol. The van der Waals surface area contributed by atoms with Crippen LogP contribution in [0.1, 0.15) is 92.7 Å². The summed E-state index contributed by atoms with van der Waals surface area (Å²) < 4.78 is 14.3. The molecule has 1 aromatic carbocycles. The number of likely N-dealkylation sites (tertiary alicyclic amines) is 2. The number of likely N-dealkylation sites (N-methyl/N-ethyl adjacent to an activating group) is 1. The zero-order valence-corrected chi connectivity index (χ0v) is 25.0. The Labute approximate surface area is 248 Å². The molecule has 228 valence electrons. The Balaban J connectivity index is 1.01. The van der Waals surface area contributed by atoms with Gasteiger partial charge in [0.25, 0.3) is 0 Å². The van der Waals surface area contributed by atoms with E-state index in [4.69, 9.17) is 4.98 Å². The van der Waals surface area contributed by atoms with Gasteiger partial charge in [-0.1, -0.05) is 20.3 Å². The van der Waals surface area contributed by atoms with Gasteiger partial charge in [-0.25, -0.2) is 14.8 Å². The predicted octanol–water partition coefficient (Wildman–Crippen LogP) is 3.36. The highest BCUT2D eigenvalue weighted by atomic mass is 19.1. The van der Waals surface area contributed by atoms with E-state index in [-0.39, 0.29) is 35.7 Å². The number of aromatic amines is 1. The van der Waals surface area contributed by atoms with Gasteiger partial charge < -0.3 is 15.0 Å². The fourth-order valence-electron chi connectivity index (χ4n) is 8.40. The number of nitrogens with zero attached hydrogens (tertiary/aromatic N) is 4. The number of aromatic hydroxyl groups is 1. The molecule has 5 heterocycles. The van der Waals surface area contributed by atoms with Crippen LogP contribution in [0.4, 0.5) is 4.39 Å². The van der Waals surface area contributed by atoms with Crippen LogP contribution in [0.15, 0.2) is 12.1 Å². The minimum Gasteiger partial charge on any atom is -0.505 e. The van der Waals surface area contributed by atoms with Gasteiger partial charge in [-0.3, -0.25) is 20.0 Å². The summed E-state index contributed by atoms with van der Waals surface area (Å²) >= 11 is 0. The minimum atomic E-state index is -0.533. The molecule has 1 amide bonds. The van der Waals surface area contributed by atoms with Crippen molar-refractivity contribution in [1.82, 2.24) is 35.5 Å². The van der Waals surface area contributed by atoms with Gasteiger partial charge in [-0.15, -0.1) is 0 Å². The lowest BCUT2D eigenvalue weighted by Crippen LogP contribution is -2.65. The topological polar surface area (TPSA) is 99.8 Å². The summed E-state index contributed by atoms with van der Waals surface area (Å²) in [5.74, 6) is 1.07. The molecule has 0 spiro atoms. The summed E-state index contributed by atoms with van der Waals surface area (Å²) in [6, 6.07) is 3.88. The number of rotatable bonds is 6. The van der Waals surface area contributed by atoms with Crippen molar-refractivity contribution in [2.24, 2.45) is 5.92 Å². The normalized spacial score (nSPS) is 30.6. The number of hydrazine groups is 1. The molecule has 7 rings (SSSR count). The molecule has 4 unspecified atom stereocenters. The first-order chi connectivity index (χ1) is 20.4. The first kappa shape index (κ1) is 28.3. The van der Waals surface area contributed by atoms with Gasteiger partial charge in [-0.05, 0) is 93.3 Å². The third-order valence-corrected chi connectivity index (χ3v) is 10.9. The number of benzene rings is 1. The van der Waals surface area contributed by atoms with E-state index in [1.807, 2.05) is 0 Å². The molecule has 4 fully saturated rings. The lowest BCUT2D eigenvalue weighted by atomic mass is 9.73. The van der Waals surface area contributed by atoms with Crippen LogP contribution in [0.5, 0.6) is 5.75 Å². The van der Waals surface area contributed by atoms with E-state index in [2.05, 4.69) is 44.4 Å². The molecule has 2 aromatic rings. The maximum absolute atomic E-state index is 14.3. The van der Waals surface area contributed by atoms with Crippen molar-refractivity contribution >= 4 is 5.91 Å². The summed E-state index contributed by atoms with van der Waals surface area (Å²) in [5, 5.41) is 9.88. The molecule has 0 bridgehead atoms. The number of hydrogen-bond acceptors (Lipinski definition) is 7. The molecule has 5 aliphatic rings. The summed E-state index contributed by atoms with van der Waals surface area (Å²) in [7, 11) is 0. The largest absolute Gasteiger partial charge is 0.505 e. The number of piperidine rings is 1. The molecule has 9 nitrogen and oxygen atoms in total. The van der Waals surface area contributed by atoms with E-state index in [0.29, 0.717) is 18.4 Å². The third-order valence-electron chi connectivity index (χ3n) is 10.9. The molecule has 3 saturated heterocycles. The number of phenols is 1. The smallest absolute Gasteiger partial charge is 0.240 e. The van der Waals surface area contributed by atoms with Crippen LogP contribution in [0.3, 0.4) is 0 Å². The summed E-state index contributed by atoms with van der Waals surface area (Å²) in [5.41, 5.74) is 11.3. The van der Waals surface area contributed by atoms with E-state index in [1.54, 1.807) is 12.1 Å². The maximum Gasteiger partial charge on any atom is 0.240 e. The van der Waals surface area contributed by atoms with Gasteiger partial charge in [0, 0.05) is 38.1 Å². The number of halogens is 1. The highest BCUT2D eigenvalue weighted by molar-refractivity contribution is 5.83. The first-order valence-electron chi connectivity index (χ1n) is 16.3. The second-order valence-corrected chi connectivity index (χ2v) is 13.2. The summed E-state index contributed by atoms with van der Waals surface area (Å²) in [4.78, 5) is 29.3. The van der Waals surface area contributed by atoms with Crippen molar-refractivity contribution in [2.45, 2.75) is 102 Å². The Morgan fingerprint density at radius 2 is 1.93 bits per heavy atom. The van der Waals surface area contributed by atoms with E-state index in [9.17, 15) is 14.3 Å². The van der Waals surface area contributed by atoms with Crippen molar-refractivity contribution < 1.29 is 14.3 Å². The van der Waals surface area contributed by atoms with Crippen molar-refractivity contribution in [2.75, 3.05) is 32.7 Å². The van der Waals surface area contributed by atoms with Crippen molar-refractivity contribution in [3.05, 3.63) is 46.3 Å². The highest BCUT2D eigenvalue weighted by Gasteiger charge is 2.45. The summed E-state index contributed by atoms with van der Waals surface area (Å²) in [6.07, 6.45) is 8.24. The zero-order valence-electron chi connectivity index (χ0n) is 25.0. The molecule has 1 aromatic heterocycles. The zero-order chi connectivity index (χ0) is 29.0. The number of phenolic OH excluding ortho intramolecular Hbond substituents is 1.